The van der Waals surface area contributed by atoms with E-state index in [1.807, 2.05) is 6.07 Å². The van der Waals surface area contributed by atoms with Gasteiger partial charge in [0.2, 0.25) is 10.0 Å². The summed E-state index contributed by atoms with van der Waals surface area (Å²) in [6.45, 7) is 3.05. The summed E-state index contributed by atoms with van der Waals surface area (Å²) in [6.07, 6.45) is 0. The van der Waals surface area contributed by atoms with E-state index in [9.17, 15) is 13.7 Å². The van der Waals surface area contributed by atoms with E-state index in [4.69, 9.17) is 16.7 Å². The number of hydrogen-bond donors (Lipinski definition) is 1. The Bertz CT molecular complexity index is 915. The van der Waals surface area contributed by atoms with Crippen LogP contribution in [0.4, 0.5) is 11.4 Å². The van der Waals surface area contributed by atoms with Crippen LogP contribution in [0.2, 0.25) is 5.02 Å². The van der Waals surface area contributed by atoms with Crippen molar-refractivity contribution >= 4 is 33.0 Å². The van der Waals surface area contributed by atoms with Crippen molar-refractivity contribution in [1.29, 1.82) is 5.26 Å². The van der Waals surface area contributed by atoms with E-state index >= 15 is 0 Å². The minimum Gasteiger partial charge on any atom is -0.368 e. The minimum atomic E-state index is -3.67. The highest BCUT2D eigenvalue weighted by Gasteiger charge is 2.20. The maximum Gasteiger partial charge on any atom is 0.238 e. The summed E-state index contributed by atoms with van der Waals surface area (Å²) in [4.78, 5) is 4.44. The van der Waals surface area contributed by atoms with E-state index in [2.05, 4.69) is 15.9 Å². The Kier molecular flexibility index (Phi) is 4.86. The van der Waals surface area contributed by atoms with Crippen molar-refractivity contribution < 1.29 is 8.42 Å². The number of halogens is 1. The maximum absolute atomic E-state index is 11.3. The molecule has 1 saturated heterocycles. The second-order valence-corrected chi connectivity index (χ2v) is 7.78. The van der Waals surface area contributed by atoms with Gasteiger partial charge in [-0.2, -0.15) is 5.26 Å². The average Bonchev–Trinajstić information content (AvgIpc) is 2.61. The molecule has 1 fully saturated rings. The molecule has 0 amide bonds. The van der Waals surface area contributed by atoms with Crippen LogP contribution in [0.25, 0.3) is 0 Å². The number of primary sulfonamides is 1. The van der Waals surface area contributed by atoms with Gasteiger partial charge in [0.1, 0.15) is 6.07 Å². The van der Waals surface area contributed by atoms with Crippen molar-refractivity contribution in [3.8, 4) is 6.07 Å². The molecule has 0 unspecified atom stereocenters. The van der Waals surface area contributed by atoms with Crippen molar-refractivity contribution in [2.24, 2.45) is 5.14 Å². The third kappa shape index (κ3) is 3.87. The van der Waals surface area contributed by atoms with E-state index in [0.717, 1.165) is 37.6 Å². The largest absolute Gasteiger partial charge is 0.368 e. The van der Waals surface area contributed by atoms with Crippen molar-refractivity contribution in [2.75, 3.05) is 36.0 Å². The van der Waals surface area contributed by atoms with E-state index < -0.39 is 10.0 Å². The molecule has 3 rings (SSSR count). The van der Waals surface area contributed by atoms with Gasteiger partial charge in [-0.1, -0.05) is 11.6 Å². The lowest BCUT2D eigenvalue weighted by atomic mass is 10.1. The summed E-state index contributed by atoms with van der Waals surface area (Å²) in [5.74, 6) is 0. The number of piperazine rings is 1. The molecule has 130 valence electrons. The van der Waals surface area contributed by atoms with Crippen molar-refractivity contribution in [2.45, 2.75) is 4.90 Å². The van der Waals surface area contributed by atoms with Crippen LogP contribution in [0.3, 0.4) is 0 Å². The number of anilines is 2. The first-order valence-electron chi connectivity index (χ1n) is 7.71. The quantitative estimate of drug-likeness (QED) is 0.886. The first kappa shape index (κ1) is 17.5. The number of benzene rings is 2. The molecule has 0 radical (unpaired) electrons. The Morgan fingerprint density at radius 3 is 2.16 bits per heavy atom. The fourth-order valence-corrected chi connectivity index (χ4v) is 3.61. The molecule has 25 heavy (non-hydrogen) atoms. The summed E-state index contributed by atoms with van der Waals surface area (Å²) in [6, 6.07) is 14.1. The van der Waals surface area contributed by atoms with Gasteiger partial charge < -0.3 is 9.80 Å². The van der Waals surface area contributed by atoms with Crippen LogP contribution >= 0.6 is 11.6 Å². The molecular formula is C17H17ClN4O2S. The normalized spacial score (nSPS) is 15.1. The zero-order valence-corrected chi connectivity index (χ0v) is 15.0. The zero-order valence-electron chi connectivity index (χ0n) is 13.4. The van der Waals surface area contributed by atoms with Crippen LogP contribution in [0, 0.1) is 11.3 Å². The molecule has 1 aliphatic heterocycles. The predicted molar refractivity (Wildman–Crippen MR) is 98.4 cm³/mol. The minimum absolute atomic E-state index is 0.106. The fraction of sp³-hybridized carbons (Fsp3) is 0.235. The van der Waals surface area contributed by atoms with Gasteiger partial charge in [-0.3, -0.25) is 0 Å². The molecule has 0 saturated carbocycles. The van der Waals surface area contributed by atoms with Crippen molar-refractivity contribution in [3.05, 3.63) is 53.1 Å². The number of nitrogens with two attached hydrogens (primary N) is 1. The van der Waals surface area contributed by atoms with Gasteiger partial charge >= 0.3 is 0 Å². The third-order valence-electron chi connectivity index (χ3n) is 4.23. The molecule has 2 aromatic rings. The van der Waals surface area contributed by atoms with Crippen LogP contribution in [0.1, 0.15) is 5.56 Å². The summed E-state index contributed by atoms with van der Waals surface area (Å²) in [7, 11) is -3.67. The van der Waals surface area contributed by atoms with Gasteiger partial charge in [-0.15, -0.1) is 0 Å². The van der Waals surface area contributed by atoms with Gasteiger partial charge in [-0.25, -0.2) is 13.6 Å². The zero-order chi connectivity index (χ0) is 18.0. The van der Waals surface area contributed by atoms with E-state index in [-0.39, 0.29) is 4.90 Å². The second-order valence-electron chi connectivity index (χ2n) is 5.79. The highest BCUT2D eigenvalue weighted by Crippen LogP contribution is 2.26. The second kappa shape index (κ2) is 6.92. The molecule has 6 nitrogen and oxygen atoms in total. The van der Waals surface area contributed by atoms with Crippen molar-refractivity contribution in [3.63, 3.8) is 0 Å². The average molecular weight is 377 g/mol. The van der Waals surface area contributed by atoms with Crippen LogP contribution in [0.5, 0.6) is 0 Å². The molecule has 8 heteroatoms. The summed E-state index contributed by atoms with van der Waals surface area (Å²) >= 11 is 5.95. The molecule has 1 aliphatic rings. The van der Waals surface area contributed by atoms with Crippen LogP contribution in [0.15, 0.2) is 47.4 Å². The van der Waals surface area contributed by atoms with Crippen LogP contribution in [-0.4, -0.2) is 34.6 Å². The molecule has 0 bridgehead atoms. The topological polar surface area (TPSA) is 90.4 Å². The van der Waals surface area contributed by atoms with Gasteiger partial charge in [0.15, 0.2) is 0 Å². The number of nitrogens with zero attached hydrogens (tertiary/aromatic N) is 3. The molecule has 0 spiro atoms. The number of hydrogen-bond acceptors (Lipinski definition) is 5. The molecular weight excluding hydrogens is 360 g/mol. The highest BCUT2D eigenvalue weighted by molar-refractivity contribution is 7.89. The smallest absolute Gasteiger partial charge is 0.238 e. The van der Waals surface area contributed by atoms with E-state index in [0.29, 0.717) is 10.6 Å². The monoisotopic (exact) mass is 376 g/mol. The molecule has 0 atom stereocenters. The van der Waals surface area contributed by atoms with E-state index in [1.165, 1.54) is 12.1 Å². The summed E-state index contributed by atoms with van der Waals surface area (Å²) < 4.78 is 22.7. The molecule has 2 N–H and O–H groups in total. The highest BCUT2D eigenvalue weighted by atomic mass is 35.5. The van der Waals surface area contributed by atoms with Gasteiger partial charge in [-0.05, 0) is 42.5 Å². The van der Waals surface area contributed by atoms with Gasteiger partial charge in [0.25, 0.3) is 0 Å². The van der Waals surface area contributed by atoms with Gasteiger partial charge in [0.05, 0.1) is 16.1 Å². The number of sulfonamides is 1. The first-order valence-corrected chi connectivity index (χ1v) is 9.63. The number of rotatable bonds is 3. The molecule has 0 aromatic heterocycles. The molecule has 1 heterocycles. The van der Waals surface area contributed by atoms with E-state index in [1.54, 1.807) is 24.3 Å². The maximum atomic E-state index is 11.3. The SMILES string of the molecule is N#Cc1cc(Cl)ccc1N1CCN(c2ccc(S(N)(=O)=O)cc2)CC1. The lowest BCUT2D eigenvalue weighted by molar-refractivity contribution is 0.597. The standard InChI is InChI=1S/C17H17ClN4O2S/c18-14-1-6-17(13(11-14)12-19)22-9-7-21(8-10-22)15-2-4-16(5-3-15)25(20,23)24/h1-6,11H,7-10H2,(H2,20,23,24). The van der Waals surface area contributed by atoms with Crippen molar-refractivity contribution in [1.82, 2.24) is 0 Å². The van der Waals surface area contributed by atoms with Crippen LogP contribution in [-0.2, 0) is 10.0 Å². The lowest BCUT2D eigenvalue weighted by Crippen LogP contribution is -2.46. The number of nitriles is 1. The summed E-state index contributed by atoms with van der Waals surface area (Å²) in [5, 5.41) is 15.0. The van der Waals surface area contributed by atoms with Gasteiger partial charge in [0, 0.05) is 36.9 Å². The Hall–Kier alpha value is -2.27. The lowest BCUT2D eigenvalue weighted by Gasteiger charge is -2.37. The predicted octanol–water partition coefficient (Wildman–Crippen LogP) is 2.19. The first-order chi connectivity index (χ1) is 11.9. The Balaban J connectivity index is 1.71. The van der Waals surface area contributed by atoms with Crippen LogP contribution < -0.4 is 14.9 Å². The Labute approximate surface area is 152 Å². The Morgan fingerprint density at radius 2 is 1.60 bits per heavy atom. The third-order valence-corrected chi connectivity index (χ3v) is 5.39. The Morgan fingerprint density at radius 1 is 1.00 bits per heavy atom. The molecule has 0 aliphatic carbocycles. The summed E-state index contributed by atoms with van der Waals surface area (Å²) in [5.41, 5.74) is 2.40. The molecule has 2 aromatic carbocycles. The fourth-order valence-electron chi connectivity index (χ4n) is 2.93.